The van der Waals surface area contributed by atoms with Gasteiger partial charge in [0.2, 0.25) is 0 Å². The van der Waals surface area contributed by atoms with Crippen LogP contribution in [-0.4, -0.2) is 5.91 Å². The molecule has 0 fully saturated rings. The first-order chi connectivity index (χ1) is 5.33. The van der Waals surface area contributed by atoms with E-state index in [1.807, 2.05) is 0 Å². The monoisotopic (exact) mass is 152 g/mol. The molecule has 1 rings (SSSR count). The second kappa shape index (κ2) is 2.60. The zero-order valence-corrected chi connectivity index (χ0v) is 4.97. The minimum absolute atomic E-state index is 1.87. The van der Waals surface area contributed by atoms with Gasteiger partial charge in [-0.2, -0.15) is 0 Å². The molecule has 0 aromatic rings. The lowest BCUT2D eigenvalue weighted by molar-refractivity contribution is 0.478. The zero-order valence-electron chi connectivity index (χ0n) is 4.97. The Kier molecular flexibility index (Phi) is 1.64. The summed E-state index contributed by atoms with van der Waals surface area (Å²) in [5.74, 6) is -1.87. The van der Waals surface area contributed by atoms with Crippen molar-refractivity contribution in [3.63, 3.8) is 0 Å². The second-order valence-electron chi connectivity index (χ2n) is 1.36. The first-order valence-corrected chi connectivity index (χ1v) is 2.29. The lowest BCUT2D eigenvalue weighted by Gasteiger charge is -2.00. The molecular weight excluding hydrogens is 152 g/mol. The Bertz CT molecular complexity index is 263. The van der Waals surface area contributed by atoms with Crippen molar-refractivity contribution in [1.82, 2.24) is 0 Å². The molecule has 0 aliphatic carbocycles. The minimum atomic E-state index is -1.87. The Morgan fingerprint density at radius 2 is 1.45 bits per heavy atom. The normalized spacial score (nSPS) is 17.1. The average molecular weight is 152 g/mol. The number of hydrogen-bond acceptors (Lipinski definition) is 6. The topological polar surface area (TPSA) is 147 Å². The van der Waals surface area contributed by atoms with Crippen molar-refractivity contribution in [3.05, 3.63) is 20.9 Å². The van der Waals surface area contributed by atoms with Crippen LogP contribution in [0.15, 0.2) is 30.9 Å². The van der Waals surface area contributed by atoms with E-state index in [-0.39, 0.29) is 0 Å². The Balaban J connectivity index is 3.07. The van der Waals surface area contributed by atoms with Crippen LogP contribution in [0.1, 0.15) is 0 Å². The summed E-state index contributed by atoms with van der Waals surface area (Å²) >= 11 is 0. The Morgan fingerprint density at radius 1 is 1.00 bits per heavy atom. The minimum Gasteiger partial charge on any atom is -0.122 e. The van der Waals surface area contributed by atoms with Gasteiger partial charge in [-0.3, -0.25) is 0 Å². The summed E-state index contributed by atoms with van der Waals surface area (Å²) in [7, 11) is 0. The van der Waals surface area contributed by atoms with E-state index in [2.05, 4.69) is 40.7 Å². The fourth-order valence-electron chi connectivity index (χ4n) is 0.400. The maximum absolute atomic E-state index is 7.99. The number of hydrogen-bond donors (Lipinski definition) is 0. The molecule has 1 aliphatic heterocycles. The highest BCUT2D eigenvalue weighted by molar-refractivity contribution is 4.79. The van der Waals surface area contributed by atoms with Crippen molar-refractivity contribution in [2.75, 3.05) is 0 Å². The van der Waals surface area contributed by atoms with Crippen molar-refractivity contribution in [3.8, 4) is 0 Å². The summed E-state index contributed by atoms with van der Waals surface area (Å²) < 4.78 is 0. The van der Waals surface area contributed by atoms with Gasteiger partial charge in [0.15, 0.2) is 0 Å². The van der Waals surface area contributed by atoms with Crippen molar-refractivity contribution >= 4 is 0 Å². The molecule has 0 bridgehead atoms. The van der Waals surface area contributed by atoms with Crippen LogP contribution in [0.3, 0.4) is 0 Å². The lowest BCUT2D eigenvalue weighted by Crippen LogP contribution is -2.11. The van der Waals surface area contributed by atoms with Crippen molar-refractivity contribution < 1.29 is 0 Å². The van der Waals surface area contributed by atoms with Crippen LogP contribution < -0.4 is 0 Å². The fraction of sp³-hybridized carbons (Fsp3) is 1.00. The highest BCUT2D eigenvalue weighted by Crippen LogP contribution is 2.23. The van der Waals surface area contributed by atoms with Gasteiger partial charge >= 0.3 is 5.91 Å². The molecule has 0 saturated heterocycles. The SMILES string of the molecule is [N-]=[N+]=NC1(N=[N+]=[N-])N=NN=N1. The van der Waals surface area contributed by atoms with Crippen molar-refractivity contribution in [2.45, 2.75) is 5.91 Å². The van der Waals surface area contributed by atoms with Crippen LogP contribution >= 0.6 is 0 Å². The first kappa shape index (κ1) is 6.93. The highest BCUT2D eigenvalue weighted by atomic mass is 15.7. The summed E-state index contributed by atoms with van der Waals surface area (Å²) in [5.41, 5.74) is 16.0. The van der Waals surface area contributed by atoms with Crippen LogP contribution in [0.5, 0.6) is 0 Å². The molecule has 0 aromatic heterocycles. The van der Waals surface area contributed by atoms with E-state index >= 15 is 0 Å². The van der Waals surface area contributed by atoms with E-state index in [1.54, 1.807) is 0 Å². The number of nitrogens with zero attached hydrogens (tertiary/aromatic N) is 10. The molecule has 0 N–H and O–H groups in total. The lowest BCUT2D eigenvalue weighted by atomic mass is 10.7. The van der Waals surface area contributed by atoms with E-state index in [0.29, 0.717) is 0 Å². The van der Waals surface area contributed by atoms with Gasteiger partial charge in [-0.05, 0) is 31.7 Å². The molecule has 0 unspecified atom stereocenters. The van der Waals surface area contributed by atoms with Crippen LogP contribution in [0.25, 0.3) is 20.9 Å². The predicted octanol–water partition coefficient (Wildman–Crippen LogP) is 2.05. The van der Waals surface area contributed by atoms with Crippen LogP contribution in [0, 0.1) is 0 Å². The van der Waals surface area contributed by atoms with Crippen LogP contribution in [0.4, 0.5) is 0 Å². The molecule has 1 heterocycles. The van der Waals surface area contributed by atoms with Gasteiger partial charge < -0.3 is 0 Å². The fourth-order valence-corrected chi connectivity index (χ4v) is 0.400. The molecule has 0 saturated carbocycles. The number of azide groups is 1. The quantitative estimate of drug-likeness (QED) is 0.323. The van der Waals surface area contributed by atoms with Crippen molar-refractivity contribution in [2.24, 2.45) is 30.9 Å². The molecule has 10 nitrogen and oxygen atoms in total. The maximum atomic E-state index is 7.99. The van der Waals surface area contributed by atoms with E-state index < -0.39 is 5.91 Å². The molecule has 11 heavy (non-hydrogen) atoms. The van der Waals surface area contributed by atoms with Gasteiger partial charge in [-0.15, -0.1) is 10.2 Å². The summed E-state index contributed by atoms with van der Waals surface area (Å²) in [6.45, 7) is 0. The average Bonchev–Trinajstić information content (AvgIpc) is 2.39. The summed E-state index contributed by atoms with van der Waals surface area (Å²) in [4.78, 5) is 4.72. The first-order valence-electron chi connectivity index (χ1n) is 2.29. The molecule has 54 valence electrons. The highest BCUT2D eigenvalue weighted by Gasteiger charge is 2.30. The summed E-state index contributed by atoms with van der Waals surface area (Å²) in [6.07, 6.45) is 0. The van der Waals surface area contributed by atoms with Crippen molar-refractivity contribution in [1.29, 1.82) is 0 Å². The molecule has 10 heteroatoms. The molecule has 0 radical (unpaired) electrons. The summed E-state index contributed by atoms with van der Waals surface area (Å²) in [6, 6.07) is 0. The van der Waals surface area contributed by atoms with Gasteiger partial charge in [0.05, 0.1) is 0 Å². The standard InChI is InChI=1S/CN10/c2-8-4-1(5-9-3)6-10-11-7-1. The second-order valence-corrected chi connectivity index (χ2v) is 1.36. The molecule has 0 spiro atoms. The predicted molar refractivity (Wildman–Crippen MR) is 30.7 cm³/mol. The smallest absolute Gasteiger partial charge is 0.122 e. The van der Waals surface area contributed by atoms with Gasteiger partial charge in [0.1, 0.15) is 0 Å². The van der Waals surface area contributed by atoms with E-state index in [0.717, 1.165) is 0 Å². The Hall–Kier alpha value is -2.18. The van der Waals surface area contributed by atoms with E-state index in [4.69, 9.17) is 11.1 Å². The number of rotatable bonds is 2. The van der Waals surface area contributed by atoms with E-state index in [1.165, 1.54) is 0 Å². The molecule has 0 aromatic carbocycles. The third-order valence-corrected chi connectivity index (χ3v) is 0.756. The van der Waals surface area contributed by atoms with Gasteiger partial charge in [0.25, 0.3) is 0 Å². The Labute approximate surface area is 58.9 Å². The van der Waals surface area contributed by atoms with Crippen LogP contribution in [0.2, 0.25) is 0 Å². The van der Waals surface area contributed by atoms with Gasteiger partial charge in [0, 0.05) is 9.82 Å². The van der Waals surface area contributed by atoms with Crippen LogP contribution in [-0.2, 0) is 0 Å². The largest absolute Gasteiger partial charge is 0.350 e. The third-order valence-electron chi connectivity index (χ3n) is 0.756. The molecule has 0 amide bonds. The maximum Gasteiger partial charge on any atom is 0.350 e. The van der Waals surface area contributed by atoms with E-state index in [9.17, 15) is 0 Å². The molecule has 0 atom stereocenters. The van der Waals surface area contributed by atoms with Gasteiger partial charge in [-0.25, -0.2) is 0 Å². The molecular formula is CN10. The zero-order chi connectivity index (χ0) is 8.16. The third kappa shape index (κ3) is 1.21. The Morgan fingerprint density at radius 3 is 1.82 bits per heavy atom. The summed E-state index contributed by atoms with van der Waals surface area (Å²) in [5, 5.41) is 18.4. The van der Waals surface area contributed by atoms with Gasteiger partial charge in [-0.1, -0.05) is 0 Å². The molecule has 1 aliphatic rings.